The quantitative estimate of drug-likeness (QED) is 0.561. The molecule has 0 heterocycles. The maximum atomic E-state index is 10.5. The smallest absolute Gasteiger partial charge is 0.300 e. The summed E-state index contributed by atoms with van der Waals surface area (Å²) in [6, 6.07) is 0. The van der Waals surface area contributed by atoms with E-state index in [-0.39, 0.29) is 0 Å². The van der Waals surface area contributed by atoms with E-state index in [1.54, 1.807) is 0 Å². The highest BCUT2D eigenvalue weighted by Crippen LogP contribution is 2.12. The number of hydrogen-bond acceptors (Lipinski definition) is 3. The molecule has 72 valence electrons. The SMILES string of the molecule is O=C1CCCCC1.O=S(=O)(O)O. The van der Waals surface area contributed by atoms with Gasteiger partial charge in [-0.25, -0.2) is 0 Å². The molecule has 0 aliphatic heterocycles. The highest BCUT2D eigenvalue weighted by Gasteiger charge is 2.05. The van der Waals surface area contributed by atoms with Crippen LogP contribution in [-0.4, -0.2) is 23.3 Å². The number of Topliss-reactive ketones (excluding diaryl/α,β-unsaturated/α-hetero) is 1. The van der Waals surface area contributed by atoms with E-state index in [1.807, 2.05) is 0 Å². The molecule has 5 nitrogen and oxygen atoms in total. The van der Waals surface area contributed by atoms with Gasteiger partial charge in [0.25, 0.3) is 0 Å². The number of hydrogen-bond donors (Lipinski definition) is 2. The molecular formula is C6H12O5S. The molecule has 0 aromatic heterocycles. The normalized spacial score (nSPS) is 18.0. The average Bonchev–Trinajstić information content (AvgIpc) is 1.85. The summed E-state index contributed by atoms with van der Waals surface area (Å²) in [6.45, 7) is 0. The van der Waals surface area contributed by atoms with E-state index in [2.05, 4.69) is 0 Å². The second kappa shape index (κ2) is 5.23. The molecule has 12 heavy (non-hydrogen) atoms. The van der Waals surface area contributed by atoms with E-state index in [4.69, 9.17) is 17.5 Å². The van der Waals surface area contributed by atoms with Gasteiger partial charge in [-0.1, -0.05) is 6.42 Å². The predicted molar refractivity (Wildman–Crippen MR) is 42.3 cm³/mol. The largest absolute Gasteiger partial charge is 0.394 e. The van der Waals surface area contributed by atoms with Crippen LogP contribution in [0.1, 0.15) is 32.1 Å². The van der Waals surface area contributed by atoms with Crippen molar-refractivity contribution in [3.63, 3.8) is 0 Å². The van der Waals surface area contributed by atoms with Gasteiger partial charge < -0.3 is 0 Å². The zero-order valence-corrected chi connectivity index (χ0v) is 7.38. The van der Waals surface area contributed by atoms with Crippen LogP contribution in [-0.2, 0) is 15.2 Å². The van der Waals surface area contributed by atoms with E-state index in [0.717, 1.165) is 25.7 Å². The molecule has 0 spiro atoms. The molecule has 0 saturated heterocycles. The van der Waals surface area contributed by atoms with Crippen LogP contribution in [0.25, 0.3) is 0 Å². The van der Waals surface area contributed by atoms with Gasteiger partial charge in [-0.2, -0.15) is 8.42 Å². The van der Waals surface area contributed by atoms with Gasteiger partial charge in [0.1, 0.15) is 5.78 Å². The molecule has 1 aliphatic carbocycles. The third-order valence-electron chi connectivity index (χ3n) is 1.41. The predicted octanol–water partition coefficient (Wildman–Crippen LogP) is 0.867. The second-order valence-corrected chi connectivity index (χ2v) is 3.44. The molecule has 0 aromatic carbocycles. The molecule has 0 unspecified atom stereocenters. The fraction of sp³-hybridized carbons (Fsp3) is 0.833. The van der Waals surface area contributed by atoms with E-state index in [0.29, 0.717) is 5.78 Å². The van der Waals surface area contributed by atoms with Crippen LogP contribution in [0.4, 0.5) is 0 Å². The Kier molecular flexibility index (Phi) is 5.03. The van der Waals surface area contributed by atoms with Crippen LogP contribution in [0.5, 0.6) is 0 Å². The molecule has 1 fully saturated rings. The highest BCUT2D eigenvalue weighted by atomic mass is 32.3. The summed E-state index contributed by atoms with van der Waals surface area (Å²) in [4.78, 5) is 10.5. The third kappa shape index (κ3) is 12.2. The maximum absolute atomic E-state index is 10.5. The number of carbonyl (C=O) groups excluding carboxylic acids is 1. The van der Waals surface area contributed by atoms with Gasteiger partial charge in [-0.3, -0.25) is 13.9 Å². The second-order valence-electron chi connectivity index (χ2n) is 2.55. The molecule has 1 aliphatic rings. The van der Waals surface area contributed by atoms with Gasteiger partial charge in [-0.05, 0) is 12.8 Å². The summed E-state index contributed by atoms with van der Waals surface area (Å²) in [7, 11) is -4.67. The topological polar surface area (TPSA) is 91.7 Å². The van der Waals surface area contributed by atoms with Gasteiger partial charge in [0, 0.05) is 12.8 Å². The summed E-state index contributed by atoms with van der Waals surface area (Å²) in [5, 5.41) is 0. The van der Waals surface area contributed by atoms with Crippen LogP contribution in [0.3, 0.4) is 0 Å². The molecule has 2 N–H and O–H groups in total. The lowest BCUT2D eigenvalue weighted by Crippen LogP contribution is -2.02. The van der Waals surface area contributed by atoms with Crippen molar-refractivity contribution in [3.05, 3.63) is 0 Å². The number of ketones is 1. The molecular weight excluding hydrogens is 184 g/mol. The van der Waals surface area contributed by atoms with Crippen molar-refractivity contribution < 1.29 is 22.3 Å². The van der Waals surface area contributed by atoms with Gasteiger partial charge >= 0.3 is 10.4 Å². The summed E-state index contributed by atoms with van der Waals surface area (Å²) >= 11 is 0. The lowest BCUT2D eigenvalue weighted by atomic mass is 10.00. The summed E-state index contributed by atoms with van der Waals surface area (Å²) in [5.74, 6) is 0.464. The van der Waals surface area contributed by atoms with E-state index in [1.165, 1.54) is 6.42 Å². The fourth-order valence-corrected chi connectivity index (χ4v) is 0.946. The van der Waals surface area contributed by atoms with Gasteiger partial charge in [0.05, 0.1) is 0 Å². The Balaban J connectivity index is 0.000000217. The van der Waals surface area contributed by atoms with E-state index < -0.39 is 10.4 Å². The first-order valence-electron chi connectivity index (χ1n) is 3.61. The van der Waals surface area contributed by atoms with E-state index in [9.17, 15) is 4.79 Å². The highest BCUT2D eigenvalue weighted by molar-refractivity contribution is 7.79. The fourth-order valence-electron chi connectivity index (χ4n) is 0.946. The number of rotatable bonds is 0. The van der Waals surface area contributed by atoms with Crippen molar-refractivity contribution in [1.82, 2.24) is 0 Å². The Hall–Kier alpha value is -0.460. The van der Waals surface area contributed by atoms with Crippen molar-refractivity contribution in [3.8, 4) is 0 Å². The molecule has 0 bridgehead atoms. The molecule has 0 aromatic rings. The van der Waals surface area contributed by atoms with Gasteiger partial charge in [0.15, 0.2) is 0 Å². The average molecular weight is 196 g/mol. The zero-order chi connectivity index (χ0) is 9.61. The number of carbonyl (C=O) groups is 1. The Morgan fingerprint density at radius 1 is 1.00 bits per heavy atom. The molecule has 1 rings (SSSR count). The third-order valence-corrected chi connectivity index (χ3v) is 1.41. The standard InChI is InChI=1S/C6H10O.H2O4S/c7-6-4-2-1-3-5-6;1-5(2,3)4/h1-5H2;(H2,1,2,3,4). The summed E-state index contributed by atoms with van der Waals surface area (Å²) < 4.78 is 31.6. The van der Waals surface area contributed by atoms with Crippen LogP contribution in [0.2, 0.25) is 0 Å². The summed E-state index contributed by atoms with van der Waals surface area (Å²) in [5.41, 5.74) is 0. The van der Waals surface area contributed by atoms with Crippen LogP contribution < -0.4 is 0 Å². The molecule has 0 radical (unpaired) electrons. The Morgan fingerprint density at radius 3 is 1.50 bits per heavy atom. The Bertz CT molecular complexity index is 214. The summed E-state index contributed by atoms with van der Waals surface area (Å²) in [6.07, 6.45) is 5.24. The van der Waals surface area contributed by atoms with Crippen molar-refractivity contribution in [2.24, 2.45) is 0 Å². The molecule has 1 saturated carbocycles. The molecule has 0 atom stereocenters. The molecule has 0 amide bonds. The van der Waals surface area contributed by atoms with Crippen LogP contribution >= 0.6 is 0 Å². The zero-order valence-electron chi connectivity index (χ0n) is 6.56. The maximum Gasteiger partial charge on any atom is 0.394 e. The van der Waals surface area contributed by atoms with Crippen LogP contribution in [0, 0.1) is 0 Å². The minimum atomic E-state index is -4.67. The Labute approximate surface area is 71.4 Å². The first kappa shape index (κ1) is 11.5. The van der Waals surface area contributed by atoms with E-state index >= 15 is 0 Å². The van der Waals surface area contributed by atoms with Gasteiger partial charge in [0.2, 0.25) is 0 Å². The first-order valence-corrected chi connectivity index (χ1v) is 5.01. The minimum Gasteiger partial charge on any atom is -0.300 e. The van der Waals surface area contributed by atoms with Crippen molar-refractivity contribution >= 4 is 16.2 Å². The Morgan fingerprint density at radius 2 is 1.33 bits per heavy atom. The first-order chi connectivity index (χ1) is 5.39. The monoisotopic (exact) mass is 196 g/mol. The minimum absolute atomic E-state index is 0.464. The lowest BCUT2D eigenvalue weighted by Gasteiger charge is -2.05. The van der Waals surface area contributed by atoms with Crippen molar-refractivity contribution in [2.45, 2.75) is 32.1 Å². The van der Waals surface area contributed by atoms with Crippen molar-refractivity contribution in [1.29, 1.82) is 0 Å². The lowest BCUT2D eigenvalue weighted by molar-refractivity contribution is -0.120. The van der Waals surface area contributed by atoms with Crippen molar-refractivity contribution in [2.75, 3.05) is 0 Å². The van der Waals surface area contributed by atoms with Gasteiger partial charge in [-0.15, -0.1) is 0 Å². The molecule has 6 heteroatoms. The van der Waals surface area contributed by atoms with Crippen LogP contribution in [0.15, 0.2) is 0 Å².